The Hall–Kier alpha value is -5.38. The molecule has 9 rings (SSSR count). The Labute approximate surface area is 259 Å². The lowest BCUT2D eigenvalue weighted by atomic mass is 9.95. The van der Waals surface area contributed by atoms with Gasteiger partial charge in [-0.25, -0.2) is 4.98 Å². The zero-order valence-electron chi connectivity index (χ0n) is 23.9. The Bertz CT molecular complexity index is 2460. The standard InChI is InChI=1S/C41H26N2S/c1-2-7-26(8-3-1)27-14-15-28-16-17-29-19-22-36(43-41(29)31(28)21-18-27)30-20-23-38-35(25-30)40-34(10-5-13-39(40)44-38)32-9-4-12-37-33(32)11-6-24-42-37/h1-20,22-25H,21H2. The van der Waals surface area contributed by atoms with Crippen LogP contribution in [0.5, 0.6) is 0 Å². The fourth-order valence-electron chi connectivity index (χ4n) is 6.65. The molecule has 8 aromatic rings. The van der Waals surface area contributed by atoms with Gasteiger partial charge in [0.2, 0.25) is 0 Å². The van der Waals surface area contributed by atoms with E-state index in [1.165, 1.54) is 64.3 Å². The average molecular weight is 579 g/mol. The van der Waals surface area contributed by atoms with Crippen molar-refractivity contribution in [1.29, 1.82) is 0 Å². The molecule has 0 aliphatic heterocycles. The molecule has 3 heterocycles. The lowest BCUT2D eigenvalue weighted by Crippen LogP contribution is -1.94. The fourth-order valence-corrected chi connectivity index (χ4v) is 7.76. The molecule has 3 aromatic heterocycles. The van der Waals surface area contributed by atoms with Gasteiger partial charge in [0.15, 0.2) is 0 Å². The maximum absolute atomic E-state index is 5.32. The summed E-state index contributed by atoms with van der Waals surface area (Å²) in [6.07, 6.45) is 9.51. The number of benzene rings is 5. The van der Waals surface area contributed by atoms with Crippen LogP contribution >= 0.6 is 11.3 Å². The molecule has 0 saturated heterocycles. The van der Waals surface area contributed by atoms with E-state index in [0.29, 0.717) is 0 Å². The van der Waals surface area contributed by atoms with E-state index in [4.69, 9.17) is 4.98 Å². The molecule has 3 heteroatoms. The first-order valence-electron chi connectivity index (χ1n) is 15.0. The molecule has 206 valence electrons. The van der Waals surface area contributed by atoms with Crippen LogP contribution in [0.4, 0.5) is 0 Å². The molecule has 1 aliphatic rings. The van der Waals surface area contributed by atoms with Crippen molar-refractivity contribution >= 4 is 65.0 Å². The van der Waals surface area contributed by atoms with E-state index < -0.39 is 0 Å². The Balaban J connectivity index is 1.19. The molecule has 1 aliphatic carbocycles. The second-order valence-corrected chi connectivity index (χ2v) is 12.4. The number of thiophene rings is 1. The van der Waals surface area contributed by atoms with Crippen LogP contribution in [0.15, 0.2) is 140 Å². The summed E-state index contributed by atoms with van der Waals surface area (Å²) >= 11 is 1.85. The van der Waals surface area contributed by atoms with Gasteiger partial charge in [-0.1, -0.05) is 103 Å². The van der Waals surface area contributed by atoms with Crippen molar-refractivity contribution in [2.45, 2.75) is 6.42 Å². The fraction of sp³-hybridized carbons (Fsp3) is 0.0244. The van der Waals surface area contributed by atoms with Crippen LogP contribution in [0.2, 0.25) is 0 Å². The Kier molecular flexibility index (Phi) is 5.78. The van der Waals surface area contributed by atoms with Gasteiger partial charge >= 0.3 is 0 Å². The van der Waals surface area contributed by atoms with Gasteiger partial charge in [0.05, 0.1) is 16.7 Å². The monoisotopic (exact) mass is 578 g/mol. The second-order valence-electron chi connectivity index (χ2n) is 11.3. The molecule has 2 nitrogen and oxygen atoms in total. The summed E-state index contributed by atoms with van der Waals surface area (Å²) in [7, 11) is 0. The summed E-state index contributed by atoms with van der Waals surface area (Å²) in [4.78, 5) is 9.94. The third-order valence-electron chi connectivity index (χ3n) is 8.81. The summed E-state index contributed by atoms with van der Waals surface area (Å²) in [6.45, 7) is 0. The smallest absolute Gasteiger partial charge is 0.0750 e. The predicted octanol–water partition coefficient (Wildman–Crippen LogP) is 11.1. The van der Waals surface area contributed by atoms with Gasteiger partial charge in [-0.3, -0.25) is 4.98 Å². The highest BCUT2D eigenvalue weighted by atomic mass is 32.1. The van der Waals surface area contributed by atoms with Crippen LogP contribution in [0.25, 0.3) is 76.0 Å². The van der Waals surface area contributed by atoms with E-state index >= 15 is 0 Å². The highest BCUT2D eigenvalue weighted by Crippen LogP contribution is 2.43. The highest BCUT2D eigenvalue weighted by Gasteiger charge is 2.16. The molecule has 0 atom stereocenters. The van der Waals surface area contributed by atoms with E-state index in [2.05, 4.69) is 138 Å². The van der Waals surface area contributed by atoms with Crippen molar-refractivity contribution in [3.05, 3.63) is 156 Å². The number of pyridine rings is 2. The SMILES string of the molecule is C1=Cc2ccc3ccc(-c4ccc5sc6cccc(-c7cccc8ncccc78)c6c5c4)nc3c2CC=C1c1ccccc1. The molecule has 0 N–H and O–H groups in total. The van der Waals surface area contributed by atoms with Gasteiger partial charge in [-0.2, -0.15) is 0 Å². The molecular formula is C41H26N2S. The van der Waals surface area contributed by atoms with Gasteiger partial charge in [0.25, 0.3) is 0 Å². The van der Waals surface area contributed by atoms with E-state index in [1.807, 2.05) is 23.6 Å². The first kappa shape index (κ1) is 25.1. The summed E-state index contributed by atoms with van der Waals surface area (Å²) < 4.78 is 2.58. The number of allylic oxidation sites excluding steroid dienone is 3. The lowest BCUT2D eigenvalue weighted by Gasteiger charge is -2.11. The van der Waals surface area contributed by atoms with Crippen LogP contribution < -0.4 is 0 Å². The van der Waals surface area contributed by atoms with Crippen molar-refractivity contribution < 1.29 is 0 Å². The van der Waals surface area contributed by atoms with Crippen molar-refractivity contribution in [3.8, 4) is 22.4 Å². The van der Waals surface area contributed by atoms with Gasteiger partial charge < -0.3 is 0 Å². The number of nitrogens with zero attached hydrogens (tertiary/aromatic N) is 2. The van der Waals surface area contributed by atoms with E-state index in [1.54, 1.807) is 0 Å². The Morgan fingerprint density at radius 1 is 0.614 bits per heavy atom. The van der Waals surface area contributed by atoms with Crippen LogP contribution in [-0.2, 0) is 6.42 Å². The first-order chi connectivity index (χ1) is 21.8. The van der Waals surface area contributed by atoms with Crippen LogP contribution in [0, 0.1) is 0 Å². The normalized spacial score (nSPS) is 13.0. The second kappa shape index (κ2) is 10.1. The molecule has 0 unspecified atom stereocenters. The average Bonchev–Trinajstić information content (AvgIpc) is 3.32. The summed E-state index contributed by atoms with van der Waals surface area (Å²) in [5, 5.41) is 4.91. The van der Waals surface area contributed by atoms with Gasteiger partial charge in [0.1, 0.15) is 0 Å². The number of rotatable bonds is 3. The van der Waals surface area contributed by atoms with Crippen LogP contribution in [0.3, 0.4) is 0 Å². The van der Waals surface area contributed by atoms with Crippen LogP contribution in [0.1, 0.15) is 16.7 Å². The van der Waals surface area contributed by atoms with Crippen LogP contribution in [-0.4, -0.2) is 9.97 Å². The molecule has 0 spiro atoms. The van der Waals surface area contributed by atoms with E-state index in [0.717, 1.165) is 28.7 Å². The van der Waals surface area contributed by atoms with Gasteiger partial charge in [0, 0.05) is 42.7 Å². The number of aromatic nitrogens is 2. The minimum absolute atomic E-state index is 0.845. The largest absolute Gasteiger partial charge is 0.256 e. The van der Waals surface area contributed by atoms with Crippen molar-refractivity contribution in [1.82, 2.24) is 9.97 Å². The summed E-state index contributed by atoms with van der Waals surface area (Å²) in [5.41, 5.74) is 11.7. The molecule has 0 amide bonds. The summed E-state index contributed by atoms with van der Waals surface area (Å²) in [6, 6.07) is 43.5. The zero-order valence-corrected chi connectivity index (χ0v) is 24.7. The number of hydrogen-bond acceptors (Lipinski definition) is 3. The van der Waals surface area contributed by atoms with Gasteiger partial charge in [-0.05, 0) is 76.2 Å². The Morgan fingerprint density at radius 2 is 1.50 bits per heavy atom. The molecule has 5 aromatic carbocycles. The minimum atomic E-state index is 0.845. The first-order valence-corrected chi connectivity index (χ1v) is 15.8. The minimum Gasteiger partial charge on any atom is -0.256 e. The van der Waals surface area contributed by atoms with Crippen molar-refractivity contribution in [3.63, 3.8) is 0 Å². The molecular weight excluding hydrogens is 553 g/mol. The highest BCUT2D eigenvalue weighted by molar-refractivity contribution is 7.26. The topological polar surface area (TPSA) is 25.8 Å². The molecule has 0 radical (unpaired) electrons. The zero-order chi connectivity index (χ0) is 29.0. The predicted molar refractivity (Wildman–Crippen MR) is 188 cm³/mol. The lowest BCUT2D eigenvalue weighted by molar-refractivity contribution is 1.26. The van der Waals surface area contributed by atoms with E-state index in [-0.39, 0.29) is 0 Å². The maximum Gasteiger partial charge on any atom is 0.0750 e. The van der Waals surface area contributed by atoms with Gasteiger partial charge in [-0.15, -0.1) is 11.3 Å². The van der Waals surface area contributed by atoms with Crippen molar-refractivity contribution in [2.75, 3.05) is 0 Å². The van der Waals surface area contributed by atoms with E-state index in [9.17, 15) is 0 Å². The molecule has 44 heavy (non-hydrogen) atoms. The third-order valence-corrected chi connectivity index (χ3v) is 9.94. The third kappa shape index (κ3) is 4.09. The number of hydrogen-bond donors (Lipinski definition) is 0. The molecule has 0 bridgehead atoms. The maximum atomic E-state index is 5.32. The summed E-state index contributed by atoms with van der Waals surface area (Å²) in [5.74, 6) is 0. The Morgan fingerprint density at radius 3 is 2.45 bits per heavy atom. The molecule has 0 saturated carbocycles. The molecule has 0 fully saturated rings. The number of fused-ring (bicyclic) bond motifs is 7. The quantitative estimate of drug-likeness (QED) is 0.208. The van der Waals surface area contributed by atoms with Crippen molar-refractivity contribution in [2.24, 2.45) is 0 Å².